The number of rotatable bonds is 5. The first-order valence-electron chi connectivity index (χ1n) is 8.89. The first-order chi connectivity index (χ1) is 12.1. The van der Waals surface area contributed by atoms with Crippen molar-refractivity contribution in [3.8, 4) is 11.5 Å². The van der Waals surface area contributed by atoms with E-state index in [2.05, 4.69) is 0 Å². The summed E-state index contributed by atoms with van der Waals surface area (Å²) >= 11 is 0. The van der Waals surface area contributed by atoms with E-state index in [9.17, 15) is 9.59 Å². The van der Waals surface area contributed by atoms with Crippen LogP contribution in [0.25, 0.3) is 0 Å². The average Bonchev–Trinajstić information content (AvgIpc) is 3.27. The van der Waals surface area contributed by atoms with Crippen LogP contribution in [0, 0.1) is 5.92 Å². The molecule has 0 saturated carbocycles. The van der Waals surface area contributed by atoms with E-state index in [1.54, 1.807) is 19.1 Å². The Morgan fingerprint density at radius 2 is 2.00 bits per heavy atom. The zero-order valence-electron chi connectivity index (χ0n) is 15.2. The van der Waals surface area contributed by atoms with Crippen molar-refractivity contribution in [2.75, 3.05) is 33.9 Å². The molecule has 25 heavy (non-hydrogen) atoms. The lowest BCUT2D eigenvalue weighted by molar-refractivity contribution is -0.136. The molecule has 6 heteroatoms. The predicted octanol–water partition coefficient (Wildman–Crippen LogP) is 2.24. The molecule has 2 saturated heterocycles. The average molecular weight is 346 g/mol. The van der Waals surface area contributed by atoms with Gasteiger partial charge in [0.1, 0.15) is 0 Å². The van der Waals surface area contributed by atoms with Crippen molar-refractivity contribution in [2.24, 2.45) is 5.92 Å². The standard InChI is InChI=1S/C19H26N2O4/c1-4-20-12-14(11-18(20)22)19(23)21-9-5-6-15(21)13-7-8-16(24-2)17(10-13)25-3/h7-8,10,14-15H,4-6,9,11-12H2,1-3H3. The van der Waals surface area contributed by atoms with Gasteiger partial charge in [-0.3, -0.25) is 9.59 Å². The van der Waals surface area contributed by atoms with Gasteiger partial charge < -0.3 is 19.3 Å². The Labute approximate surface area is 148 Å². The number of benzene rings is 1. The maximum atomic E-state index is 13.0. The molecule has 6 nitrogen and oxygen atoms in total. The van der Waals surface area contributed by atoms with Crippen LogP contribution in [0.4, 0.5) is 0 Å². The van der Waals surface area contributed by atoms with Gasteiger partial charge in [0.25, 0.3) is 0 Å². The van der Waals surface area contributed by atoms with Crippen molar-refractivity contribution in [2.45, 2.75) is 32.2 Å². The van der Waals surface area contributed by atoms with E-state index in [0.717, 1.165) is 24.9 Å². The number of hydrogen-bond donors (Lipinski definition) is 0. The summed E-state index contributed by atoms with van der Waals surface area (Å²) < 4.78 is 10.7. The van der Waals surface area contributed by atoms with E-state index in [-0.39, 0.29) is 23.8 Å². The van der Waals surface area contributed by atoms with Gasteiger partial charge >= 0.3 is 0 Å². The van der Waals surface area contributed by atoms with Gasteiger partial charge in [-0.1, -0.05) is 6.07 Å². The van der Waals surface area contributed by atoms with Gasteiger partial charge in [0.15, 0.2) is 11.5 Å². The van der Waals surface area contributed by atoms with Crippen molar-refractivity contribution in [1.82, 2.24) is 9.80 Å². The molecule has 136 valence electrons. The summed E-state index contributed by atoms with van der Waals surface area (Å²) in [6, 6.07) is 5.87. The molecule has 0 radical (unpaired) electrons. The highest BCUT2D eigenvalue weighted by molar-refractivity contribution is 5.89. The monoisotopic (exact) mass is 346 g/mol. The smallest absolute Gasteiger partial charge is 0.228 e. The Kier molecular flexibility index (Phi) is 5.16. The molecule has 2 amide bonds. The SMILES string of the molecule is CCN1CC(C(=O)N2CCCC2c2ccc(OC)c(OC)c2)CC1=O. The molecule has 0 N–H and O–H groups in total. The maximum absolute atomic E-state index is 13.0. The highest BCUT2D eigenvalue weighted by Gasteiger charge is 2.39. The fourth-order valence-electron chi connectivity index (χ4n) is 3.91. The van der Waals surface area contributed by atoms with E-state index in [4.69, 9.17) is 9.47 Å². The first-order valence-corrected chi connectivity index (χ1v) is 8.89. The van der Waals surface area contributed by atoms with Gasteiger partial charge in [0.2, 0.25) is 11.8 Å². The molecule has 2 heterocycles. The zero-order valence-corrected chi connectivity index (χ0v) is 15.2. The fourth-order valence-corrected chi connectivity index (χ4v) is 3.91. The molecular formula is C19H26N2O4. The lowest BCUT2D eigenvalue weighted by Gasteiger charge is -2.28. The number of likely N-dealkylation sites (tertiary alicyclic amines) is 2. The second-order valence-electron chi connectivity index (χ2n) is 6.64. The molecule has 0 spiro atoms. The molecule has 0 bridgehead atoms. The molecule has 1 aromatic rings. The number of ether oxygens (including phenoxy) is 2. The van der Waals surface area contributed by atoms with E-state index < -0.39 is 0 Å². The number of carbonyl (C=O) groups is 2. The van der Waals surface area contributed by atoms with Gasteiger partial charge in [0.05, 0.1) is 26.2 Å². The summed E-state index contributed by atoms with van der Waals surface area (Å²) in [6.45, 7) is 3.91. The van der Waals surface area contributed by atoms with Crippen LogP contribution in [0.15, 0.2) is 18.2 Å². The lowest BCUT2D eigenvalue weighted by Crippen LogP contribution is -2.37. The van der Waals surface area contributed by atoms with E-state index in [0.29, 0.717) is 31.0 Å². The second-order valence-corrected chi connectivity index (χ2v) is 6.64. The van der Waals surface area contributed by atoms with Crippen LogP contribution in [0.3, 0.4) is 0 Å². The van der Waals surface area contributed by atoms with Crippen LogP contribution in [0.5, 0.6) is 11.5 Å². The number of nitrogens with zero attached hydrogens (tertiary/aromatic N) is 2. The number of methoxy groups -OCH3 is 2. The van der Waals surface area contributed by atoms with Crippen LogP contribution < -0.4 is 9.47 Å². The molecule has 0 aromatic heterocycles. The van der Waals surface area contributed by atoms with Crippen LogP contribution in [0.1, 0.15) is 37.8 Å². The molecule has 2 atom stereocenters. The summed E-state index contributed by atoms with van der Waals surface area (Å²) in [6.07, 6.45) is 2.24. The number of amides is 2. The molecule has 0 aliphatic carbocycles. The third-order valence-electron chi connectivity index (χ3n) is 5.27. The molecule has 2 unspecified atom stereocenters. The summed E-state index contributed by atoms with van der Waals surface area (Å²) in [4.78, 5) is 28.7. The molecular weight excluding hydrogens is 320 g/mol. The van der Waals surface area contributed by atoms with Crippen LogP contribution in [-0.4, -0.2) is 55.5 Å². The minimum Gasteiger partial charge on any atom is -0.493 e. The Balaban J connectivity index is 1.79. The predicted molar refractivity (Wildman–Crippen MR) is 93.6 cm³/mol. The van der Waals surface area contributed by atoms with Crippen molar-refractivity contribution in [1.29, 1.82) is 0 Å². The van der Waals surface area contributed by atoms with Gasteiger partial charge in [0, 0.05) is 26.1 Å². The van der Waals surface area contributed by atoms with Crippen LogP contribution >= 0.6 is 0 Å². The largest absolute Gasteiger partial charge is 0.493 e. The summed E-state index contributed by atoms with van der Waals surface area (Å²) in [7, 11) is 3.22. The molecule has 2 aliphatic rings. The minimum absolute atomic E-state index is 0.0399. The molecule has 1 aromatic carbocycles. The van der Waals surface area contributed by atoms with Crippen molar-refractivity contribution in [3.63, 3.8) is 0 Å². The van der Waals surface area contributed by atoms with Gasteiger partial charge in [-0.05, 0) is 37.5 Å². The Morgan fingerprint density at radius 1 is 1.24 bits per heavy atom. The van der Waals surface area contributed by atoms with Crippen molar-refractivity contribution < 1.29 is 19.1 Å². The third kappa shape index (κ3) is 3.30. The van der Waals surface area contributed by atoms with Gasteiger partial charge in [-0.15, -0.1) is 0 Å². The minimum atomic E-state index is -0.215. The Bertz CT molecular complexity index is 661. The summed E-state index contributed by atoms with van der Waals surface area (Å²) in [5.41, 5.74) is 1.06. The second kappa shape index (κ2) is 7.33. The quantitative estimate of drug-likeness (QED) is 0.820. The molecule has 3 rings (SSSR count). The summed E-state index contributed by atoms with van der Waals surface area (Å²) in [5.74, 6) is 1.33. The van der Waals surface area contributed by atoms with Crippen LogP contribution in [0.2, 0.25) is 0 Å². The van der Waals surface area contributed by atoms with E-state index >= 15 is 0 Å². The first kappa shape index (κ1) is 17.6. The fraction of sp³-hybridized carbons (Fsp3) is 0.579. The Hall–Kier alpha value is -2.24. The highest BCUT2D eigenvalue weighted by atomic mass is 16.5. The third-order valence-corrected chi connectivity index (χ3v) is 5.27. The van der Waals surface area contributed by atoms with Crippen molar-refractivity contribution in [3.05, 3.63) is 23.8 Å². The zero-order chi connectivity index (χ0) is 18.0. The molecule has 2 aliphatic heterocycles. The number of carbonyl (C=O) groups excluding carboxylic acids is 2. The number of hydrogen-bond acceptors (Lipinski definition) is 4. The van der Waals surface area contributed by atoms with Crippen LogP contribution in [-0.2, 0) is 9.59 Å². The molecule has 2 fully saturated rings. The van der Waals surface area contributed by atoms with E-state index in [1.165, 1.54) is 0 Å². The van der Waals surface area contributed by atoms with Gasteiger partial charge in [-0.2, -0.15) is 0 Å². The Morgan fingerprint density at radius 3 is 2.64 bits per heavy atom. The normalized spacial score (nSPS) is 23.2. The van der Waals surface area contributed by atoms with Crippen molar-refractivity contribution >= 4 is 11.8 Å². The van der Waals surface area contributed by atoms with Gasteiger partial charge in [-0.25, -0.2) is 0 Å². The summed E-state index contributed by atoms with van der Waals surface area (Å²) in [5, 5.41) is 0. The topological polar surface area (TPSA) is 59.1 Å². The van der Waals surface area contributed by atoms with E-state index in [1.807, 2.05) is 30.0 Å². The lowest BCUT2D eigenvalue weighted by atomic mass is 10.0. The highest BCUT2D eigenvalue weighted by Crippen LogP contribution is 2.38. The maximum Gasteiger partial charge on any atom is 0.228 e.